The van der Waals surface area contributed by atoms with Gasteiger partial charge in [0.15, 0.2) is 5.69 Å². The molecule has 2 atom stereocenters. The zero-order valence-corrected chi connectivity index (χ0v) is 13.1. The molecule has 1 saturated heterocycles. The molecule has 0 radical (unpaired) electrons. The van der Waals surface area contributed by atoms with Crippen molar-refractivity contribution < 1.29 is 19.4 Å². The molecule has 1 aliphatic heterocycles. The Morgan fingerprint density at radius 2 is 2.39 bits per heavy atom. The highest BCUT2D eigenvalue weighted by molar-refractivity contribution is 7.13. The summed E-state index contributed by atoms with van der Waals surface area (Å²) >= 11 is 1.53. The normalized spacial score (nSPS) is 19.2. The fourth-order valence-corrected chi connectivity index (χ4v) is 3.31. The quantitative estimate of drug-likeness (QED) is 0.772. The van der Waals surface area contributed by atoms with E-state index in [2.05, 4.69) is 15.5 Å². The van der Waals surface area contributed by atoms with Crippen molar-refractivity contribution >= 4 is 23.2 Å². The van der Waals surface area contributed by atoms with Crippen LogP contribution < -0.4 is 5.32 Å². The summed E-state index contributed by atoms with van der Waals surface area (Å²) in [6, 6.07) is 4.48. The molecule has 0 aliphatic carbocycles. The highest BCUT2D eigenvalue weighted by Crippen LogP contribution is 2.23. The summed E-state index contributed by atoms with van der Waals surface area (Å²) in [5, 5.41) is 20.6. The van der Waals surface area contributed by atoms with Crippen molar-refractivity contribution in [3.05, 3.63) is 29.3 Å². The van der Waals surface area contributed by atoms with E-state index in [4.69, 9.17) is 4.74 Å². The van der Waals surface area contributed by atoms with Gasteiger partial charge in [-0.1, -0.05) is 6.07 Å². The summed E-state index contributed by atoms with van der Waals surface area (Å²) in [6.45, 7) is 0.985. The standard InChI is InChI=1S/C15H17N3O4S/c19-14(11-7-10(17-18-11)12-4-2-6-23-12)16-13(15(20)21)9-3-1-5-22-8-9/h2,4,6-7,9,13H,1,3,5,8H2,(H,16,19)(H,17,18)(H,20,21). The Labute approximate surface area is 136 Å². The van der Waals surface area contributed by atoms with Crippen LogP contribution in [0.25, 0.3) is 10.6 Å². The number of hydrogen-bond acceptors (Lipinski definition) is 5. The molecule has 0 aromatic carbocycles. The zero-order chi connectivity index (χ0) is 16.2. The van der Waals surface area contributed by atoms with Crippen molar-refractivity contribution in [2.45, 2.75) is 18.9 Å². The van der Waals surface area contributed by atoms with E-state index in [1.165, 1.54) is 11.3 Å². The Kier molecular flexibility index (Phi) is 4.73. The summed E-state index contributed by atoms with van der Waals surface area (Å²) in [6.07, 6.45) is 1.52. The molecule has 1 aliphatic rings. The lowest BCUT2D eigenvalue weighted by molar-refractivity contribution is -0.142. The first-order valence-corrected chi connectivity index (χ1v) is 8.24. The van der Waals surface area contributed by atoms with Crippen molar-refractivity contribution in [1.29, 1.82) is 0 Å². The molecule has 7 nitrogen and oxygen atoms in total. The maximum atomic E-state index is 12.3. The van der Waals surface area contributed by atoms with E-state index in [1.54, 1.807) is 6.07 Å². The van der Waals surface area contributed by atoms with Gasteiger partial charge in [0.25, 0.3) is 5.91 Å². The Morgan fingerprint density at radius 1 is 1.52 bits per heavy atom. The van der Waals surface area contributed by atoms with Crippen LogP contribution in [-0.4, -0.2) is 46.4 Å². The highest BCUT2D eigenvalue weighted by atomic mass is 32.1. The number of H-pyrrole nitrogens is 1. The molecule has 122 valence electrons. The molecule has 1 fully saturated rings. The van der Waals surface area contributed by atoms with Crippen LogP contribution in [0.4, 0.5) is 0 Å². The van der Waals surface area contributed by atoms with Gasteiger partial charge in [0.2, 0.25) is 0 Å². The van der Waals surface area contributed by atoms with Crippen molar-refractivity contribution in [3.63, 3.8) is 0 Å². The van der Waals surface area contributed by atoms with Gasteiger partial charge in [-0.25, -0.2) is 4.79 Å². The van der Waals surface area contributed by atoms with E-state index >= 15 is 0 Å². The Hall–Kier alpha value is -2.19. The second-order valence-electron chi connectivity index (χ2n) is 5.41. The topological polar surface area (TPSA) is 104 Å². The van der Waals surface area contributed by atoms with Crippen LogP contribution in [0.5, 0.6) is 0 Å². The average molecular weight is 335 g/mol. The third kappa shape index (κ3) is 3.59. The van der Waals surface area contributed by atoms with E-state index in [9.17, 15) is 14.7 Å². The molecule has 2 aromatic rings. The van der Waals surface area contributed by atoms with Gasteiger partial charge in [-0.2, -0.15) is 5.10 Å². The first-order chi connectivity index (χ1) is 11.1. The van der Waals surface area contributed by atoms with Crippen LogP contribution in [0.15, 0.2) is 23.6 Å². The predicted octanol–water partition coefficient (Wildman–Crippen LogP) is 1.75. The molecule has 1 amide bonds. The van der Waals surface area contributed by atoms with Gasteiger partial charge >= 0.3 is 5.97 Å². The molecule has 3 heterocycles. The third-order valence-electron chi connectivity index (χ3n) is 3.82. The molecule has 3 N–H and O–H groups in total. The van der Waals surface area contributed by atoms with Gasteiger partial charge in [-0.15, -0.1) is 11.3 Å². The molecule has 2 unspecified atom stereocenters. The maximum absolute atomic E-state index is 12.3. The predicted molar refractivity (Wildman–Crippen MR) is 84.3 cm³/mol. The first kappa shape index (κ1) is 15.7. The number of carbonyl (C=O) groups excluding carboxylic acids is 1. The van der Waals surface area contributed by atoms with Crippen molar-refractivity contribution in [3.8, 4) is 10.6 Å². The molecule has 23 heavy (non-hydrogen) atoms. The van der Waals surface area contributed by atoms with E-state index in [1.807, 2.05) is 17.5 Å². The summed E-state index contributed by atoms with van der Waals surface area (Å²) in [5.41, 5.74) is 0.911. The number of nitrogens with one attached hydrogen (secondary N) is 2. The number of carboxylic acid groups (broad SMARTS) is 1. The number of hydrogen-bond donors (Lipinski definition) is 3. The maximum Gasteiger partial charge on any atom is 0.326 e. The van der Waals surface area contributed by atoms with E-state index in [0.29, 0.717) is 13.2 Å². The number of carboxylic acids is 1. The zero-order valence-electron chi connectivity index (χ0n) is 12.3. The van der Waals surface area contributed by atoms with Gasteiger partial charge in [0.05, 0.1) is 17.2 Å². The molecular formula is C15H17N3O4S. The van der Waals surface area contributed by atoms with E-state index in [-0.39, 0.29) is 11.6 Å². The minimum absolute atomic E-state index is 0.177. The van der Waals surface area contributed by atoms with Gasteiger partial charge < -0.3 is 15.2 Å². The number of aliphatic carboxylic acids is 1. The Balaban J connectivity index is 1.70. The molecule has 0 bridgehead atoms. The second-order valence-corrected chi connectivity index (χ2v) is 6.36. The SMILES string of the molecule is O=C(NC(C(=O)O)C1CCCOC1)c1cc(-c2cccs2)[nH]n1. The van der Waals surface area contributed by atoms with Crippen molar-refractivity contribution in [2.75, 3.05) is 13.2 Å². The van der Waals surface area contributed by atoms with Crippen LogP contribution in [0.1, 0.15) is 23.3 Å². The van der Waals surface area contributed by atoms with Crippen LogP contribution in [0, 0.1) is 5.92 Å². The highest BCUT2D eigenvalue weighted by Gasteiger charge is 2.32. The molecule has 3 rings (SSSR count). The molecule has 0 spiro atoms. The number of ether oxygens (including phenoxy) is 1. The molecular weight excluding hydrogens is 318 g/mol. The fraction of sp³-hybridized carbons (Fsp3) is 0.400. The fourth-order valence-electron chi connectivity index (χ4n) is 2.62. The van der Waals surface area contributed by atoms with Crippen molar-refractivity contribution in [2.24, 2.45) is 5.92 Å². The third-order valence-corrected chi connectivity index (χ3v) is 4.72. The summed E-state index contributed by atoms with van der Waals surface area (Å²) in [7, 11) is 0. The summed E-state index contributed by atoms with van der Waals surface area (Å²) in [4.78, 5) is 24.7. The smallest absolute Gasteiger partial charge is 0.326 e. The number of aromatic amines is 1. The molecule has 2 aromatic heterocycles. The lowest BCUT2D eigenvalue weighted by Crippen LogP contribution is -2.48. The largest absolute Gasteiger partial charge is 0.480 e. The monoisotopic (exact) mass is 335 g/mol. The lowest BCUT2D eigenvalue weighted by Gasteiger charge is -2.27. The summed E-state index contributed by atoms with van der Waals surface area (Å²) < 4.78 is 5.32. The molecule has 0 saturated carbocycles. The average Bonchev–Trinajstić information content (AvgIpc) is 3.23. The number of aromatic nitrogens is 2. The minimum Gasteiger partial charge on any atom is -0.480 e. The number of carbonyl (C=O) groups is 2. The van der Waals surface area contributed by atoms with Gasteiger partial charge in [0.1, 0.15) is 6.04 Å². The lowest BCUT2D eigenvalue weighted by atomic mass is 9.93. The van der Waals surface area contributed by atoms with E-state index < -0.39 is 17.9 Å². The Bertz CT molecular complexity index is 677. The van der Waals surface area contributed by atoms with Gasteiger partial charge in [-0.05, 0) is 30.4 Å². The van der Waals surface area contributed by atoms with Crippen LogP contribution >= 0.6 is 11.3 Å². The minimum atomic E-state index is -1.05. The second kappa shape index (κ2) is 6.93. The number of thiophene rings is 1. The number of amides is 1. The van der Waals surface area contributed by atoms with E-state index in [0.717, 1.165) is 23.4 Å². The van der Waals surface area contributed by atoms with Gasteiger partial charge in [0, 0.05) is 12.5 Å². The number of nitrogens with zero attached hydrogens (tertiary/aromatic N) is 1. The van der Waals surface area contributed by atoms with Crippen LogP contribution in [0.3, 0.4) is 0 Å². The van der Waals surface area contributed by atoms with Crippen molar-refractivity contribution in [1.82, 2.24) is 15.5 Å². The van der Waals surface area contributed by atoms with Gasteiger partial charge in [-0.3, -0.25) is 9.89 Å². The Morgan fingerprint density at radius 3 is 3.04 bits per heavy atom. The first-order valence-electron chi connectivity index (χ1n) is 7.36. The van der Waals surface area contributed by atoms with Crippen LogP contribution in [-0.2, 0) is 9.53 Å². The number of rotatable bonds is 5. The van der Waals surface area contributed by atoms with Crippen LogP contribution in [0.2, 0.25) is 0 Å². The summed E-state index contributed by atoms with van der Waals surface area (Å²) in [5.74, 6) is -1.77. The molecule has 8 heteroatoms.